The number of benzene rings is 1. The van der Waals surface area contributed by atoms with Gasteiger partial charge in [0.25, 0.3) is 0 Å². The van der Waals surface area contributed by atoms with Crippen LogP contribution in [0.3, 0.4) is 0 Å². The number of piperidine rings is 1. The van der Waals surface area contributed by atoms with Crippen LogP contribution in [0.2, 0.25) is 0 Å². The highest BCUT2D eigenvalue weighted by Crippen LogP contribution is 2.39. The van der Waals surface area contributed by atoms with Gasteiger partial charge in [-0.3, -0.25) is 4.79 Å². The Hall–Kier alpha value is -1.91. The molecule has 1 aromatic rings. The topological polar surface area (TPSA) is 59.0 Å². The summed E-state index contributed by atoms with van der Waals surface area (Å²) in [5, 5.41) is 10.3. The fourth-order valence-electron chi connectivity index (χ4n) is 3.03. The molecule has 1 aliphatic rings. The van der Waals surface area contributed by atoms with Crippen LogP contribution in [-0.2, 0) is 11.2 Å². The maximum Gasteiger partial charge on any atom is 0.225 e. The third kappa shape index (κ3) is 3.29. The predicted octanol–water partition coefficient (Wildman–Crippen LogP) is 2.60. The normalized spacial score (nSPS) is 18.4. The number of phenols is 1. The number of hydrogen-bond acceptors (Lipinski definition) is 4. The Kier molecular flexibility index (Phi) is 5.52. The van der Waals surface area contributed by atoms with E-state index in [1.54, 1.807) is 6.07 Å². The highest BCUT2D eigenvalue weighted by atomic mass is 16.5. The molecule has 22 heavy (non-hydrogen) atoms. The van der Waals surface area contributed by atoms with E-state index in [0.717, 1.165) is 31.4 Å². The number of aromatic hydroxyl groups is 1. The number of ether oxygens (including phenoxy) is 2. The standard InChI is InChI=1S/C17H25NO4/c1-4-12-6-5-10-18(17(12)20)11-9-13-7-8-14(21-2)16(22-3)15(13)19/h7-8,12,19H,4-6,9-11H2,1-3H3. The van der Waals surface area contributed by atoms with E-state index in [4.69, 9.17) is 9.47 Å². The first-order valence-corrected chi connectivity index (χ1v) is 7.84. The number of carbonyl (C=O) groups excluding carboxylic acids is 1. The Morgan fingerprint density at radius 2 is 2.09 bits per heavy atom. The van der Waals surface area contributed by atoms with Crippen LogP contribution in [0.15, 0.2) is 12.1 Å². The average Bonchev–Trinajstić information content (AvgIpc) is 2.54. The molecule has 1 aliphatic heterocycles. The molecule has 0 bridgehead atoms. The second-order valence-electron chi connectivity index (χ2n) is 5.63. The van der Waals surface area contributed by atoms with E-state index in [2.05, 4.69) is 6.92 Å². The van der Waals surface area contributed by atoms with Gasteiger partial charge in [0.1, 0.15) is 0 Å². The fraction of sp³-hybridized carbons (Fsp3) is 0.588. The maximum absolute atomic E-state index is 12.3. The van der Waals surface area contributed by atoms with Crippen molar-refractivity contribution in [1.29, 1.82) is 0 Å². The van der Waals surface area contributed by atoms with Crippen molar-refractivity contribution in [2.75, 3.05) is 27.3 Å². The van der Waals surface area contributed by atoms with E-state index in [1.807, 2.05) is 11.0 Å². The summed E-state index contributed by atoms with van der Waals surface area (Å²) in [6.45, 7) is 3.49. The summed E-state index contributed by atoms with van der Waals surface area (Å²) in [4.78, 5) is 14.2. The van der Waals surface area contributed by atoms with Gasteiger partial charge in [0.05, 0.1) is 14.2 Å². The molecule has 1 aromatic carbocycles. The van der Waals surface area contributed by atoms with Crippen molar-refractivity contribution in [3.8, 4) is 17.2 Å². The predicted molar refractivity (Wildman–Crippen MR) is 84.5 cm³/mol. The molecule has 1 unspecified atom stereocenters. The minimum Gasteiger partial charge on any atom is -0.504 e. The van der Waals surface area contributed by atoms with E-state index >= 15 is 0 Å². The van der Waals surface area contributed by atoms with Crippen LogP contribution in [-0.4, -0.2) is 43.2 Å². The third-order valence-corrected chi connectivity index (χ3v) is 4.39. The van der Waals surface area contributed by atoms with Gasteiger partial charge in [0.2, 0.25) is 11.7 Å². The van der Waals surface area contributed by atoms with Gasteiger partial charge >= 0.3 is 0 Å². The van der Waals surface area contributed by atoms with E-state index in [1.165, 1.54) is 14.2 Å². The molecule has 0 aromatic heterocycles. The first-order chi connectivity index (χ1) is 10.6. The summed E-state index contributed by atoms with van der Waals surface area (Å²) in [6, 6.07) is 3.60. The van der Waals surface area contributed by atoms with Crippen LogP contribution in [0.1, 0.15) is 31.7 Å². The molecule has 122 valence electrons. The SMILES string of the molecule is CCC1CCCN(CCc2ccc(OC)c(OC)c2O)C1=O. The minimum absolute atomic E-state index is 0.0957. The minimum atomic E-state index is 0.0957. The lowest BCUT2D eigenvalue weighted by molar-refractivity contribution is -0.138. The zero-order valence-corrected chi connectivity index (χ0v) is 13.6. The lowest BCUT2D eigenvalue weighted by Gasteiger charge is -2.32. The van der Waals surface area contributed by atoms with Gasteiger partial charge in [-0.25, -0.2) is 0 Å². The smallest absolute Gasteiger partial charge is 0.225 e. The summed E-state index contributed by atoms with van der Waals surface area (Å²) < 4.78 is 10.4. The third-order valence-electron chi connectivity index (χ3n) is 4.39. The number of methoxy groups -OCH3 is 2. The molecule has 1 fully saturated rings. The van der Waals surface area contributed by atoms with E-state index in [-0.39, 0.29) is 17.6 Å². The molecule has 1 heterocycles. The van der Waals surface area contributed by atoms with Crippen molar-refractivity contribution < 1.29 is 19.4 Å². The van der Waals surface area contributed by atoms with Crippen molar-refractivity contribution in [3.05, 3.63) is 17.7 Å². The second kappa shape index (κ2) is 7.38. The van der Waals surface area contributed by atoms with Crippen LogP contribution in [0.5, 0.6) is 17.2 Å². The van der Waals surface area contributed by atoms with Crippen molar-refractivity contribution in [2.45, 2.75) is 32.6 Å². The molecule has 1 amide bonds. The molecule has 0 spiro atoms. The quantitative estimate of drug-likeness (QED) is 0.877. The van der Waals surface area contributed by atoms with Gasteiger partial charge in [0.15, 0.2) is 11.5 Å². The van der Waals surface area contributed by atoms with Crippen LogP contribution in [0.4, 0.5) is 0 Å². The lowest BCUT2D eigenvalue weighted by atomic mass is 9.94. The van der Waals surface area contributed by atoms with Crippen molar-refractivity contribution in [1.82, 2.24) is 4.90 Å². The number of hydrogen-bond donors (Lipinski definition) is 1. The van der Waals surface area contributed by atoms with Gasteiger partial charge in [-0.05, 0) is 37.3 Å². The Labute approximate surface area is 131 Å². The molecule has 0 aliphatic carbocycles. The number of amides is 1. The lowest BCUT2D eigenvalue weighted by Crippen LogP contribution is -2.42. The highest BCUT2D eigenvalue weighted by Gasteiger charge is 2.27. The summed E-state index contributed by atoms with van der Waals surface area (Å²) in [7, 11) is 3.04. The Morgan fingerprint density at radius 3 is 2.73 bits per heavy atom. The zero-order valence-electron chi connectivity index (χ0n) is 13.6. The van der Waals surface area contributed by atoms with Crippen molar-refractivity contribution in [3.63, 3.8) is 0 Å². The molecule has 0 radical (unpaired) electrons. The molecule has 2 rings (SSSR count). The van der Waals surface area contributed by atoms with E-state index in [9.17, 15) is 9.90 Å². The van der Waals surface area contributed by atoms with Gasteiger partial charge < -0.3 is 19.5 Å². The van der Waals surface area contributed by atoms with Gasteiger partial charge in [-0.15, -0.1) is 0 Å². The van der Waals surface area contributed by atoms with Crippen LogP contribution >= 0.6 is 0 Å². The average molecular weight is 307 g/mol. The first-order valence-electron chi connectivity index (χ1n) is 7.84. The molecule has 5 heteroatoms. The first kappa shape index (κ1) is 16.5. The summed E-state index contributed by atoms with van der Waals surface area (Å²) in [5.41, 5.74) is 0.768. The maximum atomic E-state index is 12.3. The van der Waals surface area contributed by atoms with E-state index in [0.29, 0.717) is 24.5 Å². The van der Waals surface area contributed by atoms with E-state index < -0.39 is 0 Å². The molecular formula is C17H25NO4. The number of likely N-dealkylation sites (tertiary alicyclic amines) is 1. The summed E-state index contributed by atoms with van der Waals surface area (Å²) in [5.74, 6) is 1.35. The molecule has 0 saturated carbocycles. The zero-order chi connectivity index (χ0) is 16.1. The Balaban J connectivity index is 2.07. The fourth-order valence-corrected chi connectivity index (χ4v) is 3.03. The van der Waals surface area contributed by atoms with Crippen molar-refractivity contribution in [2.24, 2.45) is 5.92 Å². The number of phenolic OH excluding ortho intramolecular Hbond substituents is 1. The van der Waals surface area contributed by atoms with Gasteiger partial charge in [0, 0.05) is 19.0 Å². The number of rotatable bonds is 6. The Morgan fingerprint density at radius 1 is 1.32 bits per heavy atom. The monoisotopic (exact) mass is 307 g/mol. The molecule has 1 atom stereocenters. The number of nitrogens with zero attached hydrogens (tertiary/aromatic N) is 1. The second-order valence-corrected chi connectivity index (χ2v) is 5.63. The molecule has 1 N–H and O–H groups in total. The number of carbonyl (C=O) groups is 1. The largest absolute Gasteiger partial charge is 0.504 e. The molecule has 5 nitrogen and oxygen atoms in total. The van der Waals surface area contributed by atoms with Crippen LogP contribution < -0.4 is 9.47 Å². The molecule has 1 saturated heterocycles. The summed E-state index contributed by atoms with van der Waals surface area (Å²) >= 11 is 0. The van der Waals surface area contributed by atoms with Crippen LogP contribution in [0, 0.1) is 5.92 Å². The van der Waals surface area contributed by atoms with Crippen molar-refractivity contribution >= 4 is 5.91 Å². The Bertz CT molecular complexity index is 530. The van der Waals surface area contributed by atoms with Crippen LogP contribution in [0.25, 0.3) is 0 Å². The highest BCUT2D eigenvalue weighted by molar-refractivity contribution is 5.79. The van der Waals surface area contributed by atoms with Gasteiger partial charge in [-0.2, -0.15) is 0 Å². The summed E-state index contributed by atoms with van der Waals surface area (Å²) in [6.07, 6.45) is 3.56. The van der Waals surface area contributed by atoms with Gasteiger partial charge in [-0.1, -0.05) is 13.0 Å². The molecular weight excluding hydrogens is 282 g/mol.